The van der Waals surface area contributed by atoms with E-state index in [2.05, 4.69) is 4.72 Å². The van der Waals surface area contributed by atoms with Crippen molar-refractivity contribution in [2.75, 3.05) is 0 Å². The lowest BCUT2D eigenvalue weighted by Gasteiger charge is -2.24. The van der Waals surface area contributed by atoms with Crippen molar-refractivity contribution in [3.63, 3.8) is 0 Å². The van der Waals surface area contributed by atoms with Crippen LogP contribution in [0, 0.1) is 0 Å². The number of nitrogens with one attached hydrogen (secondary N) is 1. The summed E-state index contributed by atoms with van der Waals surface area (Å²) in [6.45, 7) is 3.46. The molecule has 7 heteroatoms. The first-order valence-corrected chi connectivity index (χ1v) is 7.26. The minimum absolute atomic E-state index is 0.0805. The quantitative estimate of drug-likeness (QED) is 0.686. The Hall–Kier alpha value is -1.44. The number of hydrogen-bond acceptors (Lipinski definition) is 4. The summed E-state index contributed by atoms with van der Waals surface area (Å²) in [4.78, 5) is 11.0. The first-order chi connectivity index (χ1) is 8.66. The summed E-state index contributed by atoms with van der Waals surface area (Å²) in [5.41, 5.74) is 10.3. The third-order valence-electron chi connectivity index (χ3n) is 2.47. The number of carbonyl (C=O) groups is 1. The summed E-state index contributed by atoms with van der Waals surface area (Å²) < 4.78 is 26.8. The van der Waals surface area contributed by atoms with Crippen molar-refractivity contribution in [2.45, 2.75) is 37.2 Å². The summed E-state index contributed by atoms with van der Waals surface area (Å²) in [5.74, 6) is -0.566. The first-order valence-electron chi connectivity index (χ1n) is 5.77. The second kappa shape index (κ2) is 5.68. The smallest absolute Gasteiger partial charge is 0.241 e. The monoisotopic (exact) mass is 285 g/mol. The molecule has 0 saturated carbocycles. The third-order valence-corrected chi connectivity index (χ3v) is 4.17. The van der Waals surface area contributed by atoms with E-state index < -0.39 is 21.5 Å². The molecule has 0 fully saturated rings. The zero-order valence-corrected chi connectivity index (χ0v) is 11.8. The minimum atomic E-state index is -3.71. The van der Waals surface area contributed by atoms with Gasteiger partial charge in [-0.25, -0.2) is 13.1 Å². The van der Waals surface area contributed by atoms with E-state index in [4.69, 9.17) is 11.5 Å². The Balaban J connectivity index is 3.01. The zero-order valence-electron chi connectivity index (χ0n) is 11.0. The van der Waals surface area contributed by atoms with Crippen molar-refractivity contribution >= 4 is 15.9 Å². The van der Waals surface area contributed by atoms with Gasteiger partial charge in [-0.05, 0) is 31.5 Å². The van der Waals surface area contributed by atoms with E-state index in [1.807, 2.05) is 0 Å². The average Bonchev–Trinajstić information content (AvgIpc) is 2.25. The van der Waals surface area contributed by atoms with Crippen LogP contribution < -0.4 is 16.2 Å². The van der Waals surface area contributed by atoms with Gasteiger partial charge in [0.15, 0.2) is 0 Å². The number of nitrogens with two attached hydrogens (primary N) is 2. The Labute approximate surface area is 113 Å². The highest BCUT2D eigenvalue weighted by Gasteiger charge is 2.27. The highest BCUT2D eigenvalue weighted by Crippen LogP contribution is 2.16. The van der Waals surface area contributed by atoms with Crippen LogP contribution in [0.1, 0.15) is 25.8 Å². The van der Waals surface area contributed by atoms with Gasteiger partial charge >= 0.3 is 0 Å². The Morgan fingerprint density at radius 1 is 1.37 bits per heavy atom. The highest BCUT2D eigenvalue weighted by molar-refractivity contribution is 7.89. The highest BCUT2D eigenvalue weighted by atomic mass is 32.2. The van der Waals surface area contributed by atoms with Crippen molar-refractivity contribution in [2.24, 2.45) is 11.5 Å². The van der Waals surface area contributed by atoms with Gasteiger partial charge in [-0.3, -0.25) is 4.79 Å². The largest absolute Gasteiger partial charge is 0.370 e. The fraction of sp³-hybridized carbons (Fsp3) is 0.417. The van der Waals surface area contributed by atoms with Crippen molar-refractivity contribution < 1.29 is 13.2 Å². The zero-order chi connectivity index (χ0) is 14.7. The molecule has 6 nitrogen and oxygen atoms in total. The summed E-state index contributed by atoms with van der Waals surface area (Å²) in [7, 11) is -3.71. The molecule has 0 saturated heterocycles. The molecule has 0 aliphatic heterocycles. The average molecular weight is 285 g/mol. The summed E-state index contributed by atoms with van der Waals surface area (Å²) in [6, 6.07) is 6.34. The SMILES string of the molecule is CC(C)(CC(N)=O)NS(=O)(=O)c1cccc(CN)c1. The van der Waals surface area contributed by atoms with Gasteiger partial charge in [0.25, 0.3) is 0 Å². The molecule has 19 heavy (non-hydrogen) atoms. The Morgan fingerprint density at radius 3 is 2.53 bits per heavy atom. The molecule has 0 atom stereocenters. The maximum Gasteiger partial charge on any atom is 0.241 e. The number of hydrogen-bond donors (Lipinski definition) is 3. The van der Waals surface area contributed by atoms with Gasteiger partial charge in [-0.15, -0.1) is 0 Å². The lowest BCUT2D eigenvalue weighted by atomic mass is 10.0. The predicted molar refractivity (Wildman–Crippen MR) is 72.5 cm³/mol. The number of sulfonamides is 1. The van der Waals surface area contributed by atoms with E-state index in [1.165, 1.54) is 12.1 Å². The van der Waals surface area contributed by atoms with Gasteiger partial charge < -0.3 is 11.5 Å². The van der Waals surface area contributed by atoms with Crippen LogP contribution in [0.5, 0.6) is 0 Å². The molecule has 0 aliphatic carbocycles. The third kappa shape index (κ3) is 4.62. The lowest BCUT2D eigenvalue weighted by Crippen LogP contribution is -2.45. The van der Waals surface area contributed by atoms with E-state index in [0.717, 1.165) is 5.56 Å². The van der Waals surface area contributed by atoms with Gasteiger partial charge in [0.1, 0.15) is 0 Å². The number of amides is 1. The van der Waals surface area contributed by atoms with E-state index >= 15 is 0 Å². The molecule has 0 aliphatic rings. The Bertz CT molecular complexity index is 567. The van der Waals surface area contributed by atoms with Crippen LogP contribution in [0.25, 0.3) is 0 Å². The molecule has 5 N–H and O–H groups in total. The van der Waals surface area contributed by atoms with E-state index in [9.17, 15) is 13.2 Å². The van der Waals surface area contributed by atoms with Crippen molar-refractivity contribution in [1.29, 1.82) is 0 Å². The Kier molecular flexibility index (Phi) is 4.67. The molecule has 0 radical (unpaired) electrons. The molecular weight excluding hydrogens is 266 g/mol. The van der Waals surface area contributed by atoms with Crippen molar-refractivity contribution in [1.82, 2.24) is 4.72 Å². The van der Waals surface area contributed by atoms with E-state index in [0.29, 0.717) is 0 Å². The number of benzene rings is 1. The molecule has 1 aromatic carbocycles. The number of rotatable bonds is 6. The molecule has 0 spiro atoms. The second-order valence-electron chi connectivity index (χ2n) is 4.98. The fourth-order valence-electron chi connectivity index (χ4n) is 1.73. The molecule has 106 valence electrons. The van der Waals surface area contributed by atoms with Gasteiger partial charge in [0, 0.05) is 18.5 Å². The van der Waals surface area contributed by atoms with Gasteiger partial charge in [-0.2, -0.15) is 0 Å². The molecule has 0 bridgehead atoms. The molecule has 0 unspecified atom stereocenters. The van der Waals surface area contributed by atoms with Crippen molar-refractivity contribution in [3.05, 3.63) is 29.8 Å². The van der Waals surface area contributed by atoms with Crippen molar-refractivity contribution in [3.8, 4) is 0 Å². The van der Waals surface area contributed by atoms with Crippen LogP contribution in [0.3, 0.4) is 0 Å². The normalized spacial score (nSPS) is 12.4. The molecular formula is C12H19N3O3S. The maximum absolute atomic E-state index is 12.2. The van der Waals surface area contributed by atoms with Crippen LogP contribution in [-0.2, 0) is 21.4 Å². The first kappa shape index (κ1) is 15.6. The number of primary amides is 1. The van der Waals surface area contributed by atoms with Crippen LogP contribution >= 0.6 is 0 Å². The van der Waals surface area contributed by atoms with Gasteiger partial charge in [0.05, 0.1) is 4.90 Å². The van der Waals surface area contributed by atoms with Crippen LogP contribution in [0.15, 0.2) is 29.2 Å². The fourth-order valence-corrected chi connectivity index (χ4v) is 3.22. The van der Waals surface area contributed by atoms with Crippen LogP contribution in [0.2, 0.25) is 0 Å². The standard InChI is InChI=1S/C12H19N3O3S/c1-12(2,7-11(14)16)15-19(17,18)10-5-3-4-9(6-10)8-13/h3-6,15H,7-8,13H2,1-2H3,(H2,14,16). The summed E-state index contributed by atoms with van der Waals surface area (Å²) in [6.07, 6.45) is -0.0805. The predicted octanol–water partition coefficient (Wildman–Crippen LogP) is 0.0776. The molecule has 0 aromatic heterocycles. The topological polar surface area (TPSA) is 115 Å². The molecule has 1 rings (SSSR count). The molecule has 1 amide bonds. The maximum atomic E-state index is 12.2. The Morgan fingerprint density at radius 2 is 2.00 bits per heavy atom. The van der Waals surface area contributed by atoms with Crippen LogP contribution in [-0.4, -0.2) is 19.9 Å². The van der Waals surface area contributed by atoms with Crippen LogP contribution in [0.4, 0.5) is 0 Å². The lowest BCUT2D eigenvalue weighted by molar-refractivity contribution is -0.119. The minimum Gasteiger partial charge on any atom is -0.370 e. The van der Waals surface area contributed by atoms with E-state index in [1.54, 1.807) is 26.0 Å². The van der Waals surface area contributed by atoms with E-state index in [-0.39, 0.29) is 17.9 Å². The van der Waals surface area contributed by atoms with Gasteiger partial charge in [-0.1, -0.05) is 12.1 Å². The summed E-state index contributed by atoms with van der Waals surface area (Å²) >= 11 is 0. The summed E-state index contributed by atoms with van der Waals surface area (Å²) in [5, 5.41) is 0. The molecule has 1 aromatic rings. The molecule has 0 heterocycles. The van der Waals surface area contributed by atoms with Gasteiger partial charge in [0.2, 0.25) is 15.9 Å². The number of carbonyl (C=O) groups excluding carboxylic acids is 1. The second-order valence-corrected chi connectivity index (χ2v) is 6.67.